The summed E-state index contributed by atoms with van der Waals surface area (Å²) in [5.41, 5.74) is 11.7. The predicted molar refractivity (Wildman–Crippen MR) is 172 cm³/mol. The van der Waals surface area contributed by atoms with Gasteiger partial charge in [-0.2, -0.15) is 0 Å². The summed E-state index contributed by atoms with van der Waals surface area (Å²) in [6.07, 6.45) is 0. The average molecular weight is 526 g/mol. The summed E-state index contributed by atoms with van der Waals surface area (Å²) >= 11 is 0. The molecule has 0 saturated carbocycles. The molecule has 0 radical (unpaired) electrons. The van der Waals surface area contributed by atoms with Gasteiger partial charge in [-0.1, -0.05) is 97.1 Å². The molecule has 6 aromatic carbocycles. The molecule has 0 unspecified atom stereocenters. The van der Waals surface area contributed by atoms with Crippen molar-refractivity contribution in [3.05, 3.63) is 164 Å². The van der Waals surface area contributed by atoms with Crippen LogP contribution in [0.2, 0.25) is 0 Å². The maximum atomic E-state index is 2.42. The fourth-order valence-corrected chi connectivity index (χ4v) is 6.14. The van der Waals surface area contributed by atoms with Crippen LogP contribution in [0.1, 0.15) is 0 Å². The molecule has 8 rings (SSSR count). The molecule has 0 fully saturated rings. The van der Waals surface area contributed by atoms with E-state index in [1.54, 1.807) is 0 Å². The minimum atomic E-state index is 1.12. The molecule has 3 heteroatoms. The van der Waals surface area contributed by atoms with Crippen molar-refractivity contribution in [1.29, 1.82) is 0 Å². The third-order valence-corrected chi connectivity index (χ3v) is 7.88. The van der Waals surface area contributed by atoms with Crippen molar-refractivity contribution in [3.63, 3.8) is 0 Å². The molecule has 0 spiro atoms. The van der Waals surface area contributed by atoms with Gasteiger partial charge in [-0.15, -0.1) is 0 Å². The van der Waals surface area contributed by atoms with Gasteiger partial charge in [-0.05, 0) is 72.3 Å². The Hall–Kier alpha value is -5.54. The topological polar surface area (TPSA) is 12.6 Å². The Labute approximate surface area is 238 Å². The number of rotatable bonds is 5. The van der Waals surface area contributed by atoms with Crippen molar-refractivity contribution in [1.82, 2.24) is 8.97 Å². The Bertz CT molecular complexity index is 2080. The van der Waals surface area contributed by atoms with E-state index in [0.717, 1.165) is 22.7 Å². The van der Waals surface area contributed by atoms with E-state index in [0.29, 0.717) is 0 Å². The van der Waals surface area contributed by atoms with Gasteiger partial charge in [0, 0.05) is 33.7 Å². The van der Waals surface area contributed by atoms with Gasteiger partial charge in [-0.25, -0.2) is 0 Å². The van der Waals surface area contributed by atoms with E-state index in [-0.39, 0.29) is 0 Å². The number of fused-ring (bicyclic) bond motifs is 5. The molecule has 3 nitrogen and oxygen atoms in total. The number of anilines is 3. The highest BCUT2D eigenvalue weighted by Crippen LogP contribution is 2.42. The zero-order chi connectivity index (χ0) is 27.2. The van der Waals surface area contributed by atoms with Gasteiger partial charge in [0.2, 0.25) is 0 Å². The lowest BCUT2D eigenvalue weighted by Gasteiger charge is -2.25. The molecule has 41 heavy (non-hydrogen) atoms. The highest BCUT2D eigenvalue weighted by Gasteiger charge is 2.22. The standard InChI is InChI=1S/C38H27N3/c1-4-14-29(15-5-1)39(30-16-6-2-7-17-30)32-26-24-28(25-27-32)37-33-20-10-11-21-34(33)41-36-23-13-12-22-35(36)40(38(37)41)31-18-8-3-9-19-31/h1-27H. The highest BCUT2D eigenvalue weighted by molar-refractivity contribution is 6.09. The largest absolute Gasteiger partial charge is 0.311 e. The number of hydrogen-bond donors (Lipinski definition) is 0. The molecule has 0 N–H and O–H groups in total. The number of imidazole rings is 1. The molecule has 0 aliphatic heterocycles. The first-order chi connectivity index (χ1) is 20.4. The summed E-state index contributed by atoms with van der Waals surface area (Å²) in [6.45, 7) is 0. The van der Waals surface area contributed by atoms with Gasteiger partial charge in [0.05, 0.1) is 16.6 Å². The molecule has 2 aromatic heterocycles. The van der Waals surface area contributed by atoms with E-state index in [1.807, 2.05) is 0 Å². The summed E-state index contributed by atoms with van der Waals surface area (Å²) < 4.78 is 4.82. The fraction of sp³-hybridized carbons (Fsp3) is 0. The Balaban J connectivity index is 1.38. The quantitative estimate of drug-likeness (QED) is 0.218. The monoisotopic (exact) mass is 525 g/mol. The van der Waals surface area contributed by atoms with Crippen molar-refractivity contribution < 1.29 is 0 Å². The Morgan fingerprint density at radius 1 is 0.390 bits per heavy atom. The summed E-state index contributed by atoms with van der Waals surface area (Å²) in [5, 5.41) is 1.24. The minimum Gasteiger partial charge on any atom is -0.311 e. The van der Waals surface area contributed by atoms with E-state index < -0.39 is 0 Å². The van der Waals surface area contributed by atoms with Crippen LogP contribution in [-0.2, 0) is 0 Å². The molecular formula is C38H27N3. The maximum absolute atomic E-state index is 2.42. The molecule has 0 bridgehead atoms. The van der Waals surface area contributed by atoms with Crippen molar-refractivity contribution in [2.24, 2.45) is 0 Å². The molecule has 8 aromatic rings. The van der Waals surface area contributed by atoms with Gasteiger partial charge in [-0.3, -0.25) is 8.97 Å². The van der Waals surface area contributed by atoms with Crippen LogP contribution in [0.5, 0.6) is 0 Å². The second-order valence-corrected chi connectivity index (χ2v) is 10.3. The third kappa shape index (κ3) is 3.75. The minimum absolute atomic E-state index is 1.12. The van der Waals surface area contributed by atoms with Crippen molar-refractivity contribution in [3.8, 4) is 16.8 Å². The van der Waals surface area contributed by atoms with E-state index in [4.69, 9.17) is 0 Å². The van der Waals surface area contributed by atoms with Crippen LogP contribution in [0, 0.1) is 0 Å². The van der Waals surface area contributed by atoms with Crippen molar-refractivity contribution >= 4 is 44.6 Å². The maximum Gasteiger partial charge on any atom is 0.131 e. The normalized spacial score (nSPS) is 11.4. The molecule has 2 heterocycles. The number of nitrogens with zero attached hydrogens (tertiary/aromatic N) is 3. The zero-order valence-corrected chi connectivity index (χ0v) is 22.4. The lowest BCUT2D eigenvalue weighted by atomic mass is 10.0. The summed E-state index contributed by atoms with van der Waals surface area (Å²) in [5.74, 6) is 0. The third-order valence-electron chi connectivity index (χ3n) is 7.88. The van der Waals surface area contributed by atoms with Gasteiger partial charge in [0.1, 0.15) is 5.65 Å². The van der Waals surface area contributed by atoms with Crippen LogP contribution in [0.3, 0.4) is 0 Å². The van der Waals surface area contributed by atoms with Crippen LogP contribution in [0.15, 0.2) is 164 Å². The van der Waals surface area contributed by atoms with Crippen molar-refractivity contribution in [2.45, 2.75) is 0 Å². The fourth-order valence-electron chi connectivity index (χ4n) is 6.14. The van der Waals surface area contributed by atoms with Gasteiger partial charge in [0.25, 0.3) is 0 Å². The van der Waals surface area contributed by atoms with Crippen molar-refractivity contribution in [2.75, 3.05) is 4.90 Å². The smallest absolute Gasteiger partial charge is 0.131 e. The van der Waals surface area contributed by atoms with Crippen LogP contribution < -0.4 is 4.90 Å². The summed E-state index contributed by atoms with van der Waals surface area (Å²) in [6, 6.07) is 58.2. The molecular weight excluding hydrogens is 498 g/mol. The number of para-hydroxylation sites is 6. The second kappa shape index (κ2) is 9.58. The summed E-state index contributed by atoms with van der Waals surface area (Å²) in [4.78, 5) is 2.30. The van der Waals surface area contributed by atoms with Crippen LogP contribution in [0.25, 0.3) is 44.4 Å². The Kier molecular flexibility index (Phi) is 5.46. The van der Waals surface area contributed by atoms with Gasteiger partial charge < -0.3 is 4.90 Å². The van der Waals surface area contributed by atoms with E-state index in [1.165, 1.54) is 38.7 Å². The molecule has 0 aliphatic rings. The van der Waals surface area contributed by atoms with E-state index >= 15 is 0 Å². The molecule has 0 amide bonds. The Morgan fingerprint density at radius 3 is 1.51 bits per heavy atom. The SMILES string of the molecule is c1ccc(N(c2ccccc2)c2ccc(-c3c4ccccc4n4c5ccccc5n(-c5ccccc5)c34)cc2)cc1. The van der Waals surface area contributed by atoms with Crippen LogP contribution in [-0.4, -0.2) is 8.97 Å². The van der Waals surface area contributed by atoms with E-state index in [2.05, 4.69) is 178 Å². The first kappa shape index (κ1) is 23.4. The number of hydrogen-bond acceptors (Lipinski definition) is 1. The molecule has 0 aliphatic carbocycles. The Morgan fingerprint density at radius 2 is 0.878 bits per heavy atom. The predicted octanol–water partition coefficient (Wildman–Crippen LogP) is 10.2. The number of aromatic nitrogens is 2. The molecule has 0 saturated heterocycles. The lowest BCUT2D eigenvalue weighted by Crippen LogP contribution is -2.09. The first-order valence-electron chi connectivity index (χ1n) is 14.0. The molecule has 0 atom stereocenters. The average Bonchev–Trinajstić information content (AvgIpc) is 3.56. The van der Waals surface area contributed by atoms with Gasteiger partial charge in [0.15, 0.2) is 0 Å². The van der Waals surface area contributed by atoms with Crippen LogP contribution >= 0.6 is 0 Å². The molecule has 194 valence electrons. The van der Waals surface area contributed by atoms with Crippen LogP contribution in [0.4, 0.5) is 17.1 Å². The zero-order valence-electron chi connectivity index (χ0n) is 22.4. The summed E-state index contributed by atoms with van der Waals surface area (Å²) in [7, 11) is 0. The number of benzene rings is 6. The highest BCUT2D eigenvalue weighted by atomic mass is 15.1. The lowest BCUT2D eigenvalue weighted by molar-refractivity contribution is 1.15. The van der Waals surface area contributed by atoms with Gasteiger partial charge >= 0.3 is 0 Å². The first-order valence-corrected chi connectivity index (χ1v) is 14.0. The second-order valence-electron chi connectivity index (χ2n) is 10.3. The van der Waals surface area contributed by atoms with E-state index in [9.17, 15) is 0 Å².